The molecule has 0 atom stereocenters. The van der Waals surface area contributed by atoms with Gasteiger partial charge in [-0.3, -0.25) is 9.97 Å². The molecule has 0 amide bonds. The minimum atomic E-state index is 0.409. The summed E-state index contributed by atoms with van der Waals surface area (Å²) < 4.78 is 0. The normalized spacial score (nSPS) is 11.0. The highest BCUT2D eigenvalue weighted by Gasteiger charge is 2.17. The van der Waals surface area contributed by atoms with Gasteiger partial charge in [-0.2, -0.15) is 5.10 Å². The summed E-state index contributed by atoms with van der Waals surface area (Å²) in [7, 11) is 0. The fourth-order valence-corrected chi connectivity index (χ4v) is 5.92. The van der Waals surface area contributed by atoms with Crippen LogP contribution < -0.4 is 0 Å². The van der Waals surface area contributed by atoms with Crippen LogP contribution in [0.15, 0.2) is 102 Å². The zero-order valence-corrected chi connectivity index (χ0v) is 25.1. The Morgan fingerprint density at radius 3 is 2.22 bits per heavy atom. The summed E-state index contributed by atoms with van der Waals surface area (Å²) in [5.74, 6) is 1.32. The van der Waals surface area contributed by atoms with Crippen molar-refractivity contribution in [3.63, 3.8) is 0 Å². The quantitative estimate of drug-likeness (QED) is 0.202. The molecule has 8 aromatic rings. The van der Waals surface area contributed by atoms with Crippen molar-refractivity contribution in [3.05, 3.63) is 108 Å². The van der Waals surface area contributed by atoms with Gasteiger partial charge in [0.25, 0.3) is 0 Å². The molecule has 0 spiro atoms. The molecule has 0 saturated heterocycles. The first kappa shape index (κ1) is 27.4. The van der Waals surface area contributed by atoms with Crippen molar-refractivity contribution in [2.45, 2.75) is 0 Å². The van der Waals surface area contributed by atoms with E-state index in [9.17, 15) is 0 Å². The maximum absolute atomic E-state index is 4.76. The zero-order chi connectivity index (χ0) is 30.7. The Morgan fingerprint density at radius 1 is 0.587 bits per heavy atom. The van der Waals surface area contributed by atoms with Crippen molar-refractivity contribution in [2.75, 3.05) is 0 Å². The highest BCUT2D eigenvalue weighted by atomic mass is 32.1. The molecule has 8 rings (SSSR count). The van der Waals surface area contributed by atoms with Gasteiger partial charge < -0.3 is 0 Å². The number of nitrogens with zero attached hydrogens (tertiary/aromatic N) is 12. The summed E-state index contributed by atoms with van der Waals surface area (Å²) in [4.78, 5) is 45.5. The molecule has 8 heterocycles. The molecule has 0 aromatic carbocycles. The average Bonchev–Trinajstić information content (AvgIpc) is 3.86. The molecule has 1 radical (unpaired) electrons. The van der Waals surface area contributed by atoms with E-state index in [4.69, 9.17) is 15.0 Å². The molecule has 8 aromatic heterocycles. The summed E-state index contributed by atoms with van der Waals surface area (Å²) in [5.41, 5.74) is 8.79. The molecule has 0 N–H and O–H groups in total. The van der Waals surface area contributed by atoms with E-state index in [1.807, 2.05) is 41.1 Å². The van der Waals surface area contributed by atoms with E-state index < -0.39 is 0 Å². The van der Waals surface area contributed by atoms with Gasteiger partial charge in [-0.1, -0.05) is 6.07 Å². The Bertz CT molecular complexity index is 2270. The number of rotatable bonds is 7. The van der Waals surface area contributed by atoms with Crippen LogP contribution in [-0.4, -0.2) is 60.0 Å². The minimum Gasteiger partial charge on any atom is -0.256 e. The molecule has 217 valence electrons. The van der Waals surface area contributed by atoms with Crippen LogP contribution in [-0.2, 0) is 0 Å². The van der Waals surface area contributed by atoms with Gasteiger partial charge in [-0.25, -0.2) is 39.9 Å². The summed E-state index contributed by atoms with van der Waals surface area (Å²) >= 11 is 3.03. The van der Waals surface area contributed by atoms with Crippen molar-refractivity contribution in [1.82, 2.24) is 60.0 Å². The number of hydrogen-bond donors (Lipinski definition) is 0. The topological polar surface area (TPSA) is 155 Å². The summed E-state index contributed by atoms with van der Waals surface area (Å²) in [6, 6.07) is 16.0. The van der Waals surface area contributed by atoms with Gasteiger partial charge in [-0.15, -0.1) is 27.8 Å². The molecule has 14 heteroatoms. The minimum absolute atomic E-state index is 0.409. The fraction of sp³-hybridized carbons (Fsp3) is 0. The first-order valence-electron chi connectivity index (χ1n) is 13.7. The molecular formula is C32H17N12S2. The van der Waals surface area contributed by atoms with Gasteiger partial charge >= 0.3 is 0 Å². The largest absolute Gasteiger partial charge is 0.256 e. The summed E-state index contributed by atoms with van der Waals surface area (Å²) in [5, 5.41) is 13.1. The van der Waals surface area contributed by atoms with Crippen LogP contribution in [0, 0.1) is 6.07 Å². The Labute approximate surface area is 269 Å². The standard InChI is InChI=1S/C32H17N12S2/c1-2-8-33-22(3-1)19-4-9-34-25(13-19)30-36-11-7-24(42-30)23-6-10-35-29(41-23)20-14-37-31(38-15-20)28-21(5-12-40-44-28)32-43-27(17-46-32)26-16-45-18-39-26/h1-2,4-18H. The molecule has 0 aliphatic rings. The second-order valence-electron chi connectivity index (χ2n) is 9.59. The van der Waals surface area contributed by atoms with Crippen molar-refractivity contribution in [2.24, 2.45) is 0 Å². The van der Waals surface area contributed by atoms with Gasteiger partial charge in [0.05, 0.1) is 34.4 Å². The molecule has 0 aliphatic heterocycles. The van der Waals surface area contributed by atoms with Crippen molar-refractivity contribution < 1.29 is 0 Å². The van der Waals surface area contributed by atoms with Gasteiger partial charge in [0, 0.05) is 65.1 Å². The Balaban J connectivity index is 1.07. The lowest BCUT2D eigenvalue weighted by atomic mass is 10.1. The smallest absolute Gasteiger partial charge is 0.180 e. The van der Waals surface area contributed by atoms with E-state index in [-0.39, 0.29) is 0 Å². The maximum Gasteiger partial charge on any atom is 0.180 e. The molecular weight excluding hydrogens is 617 g/mol. The Hall–Kier alpha value is -6.12. The Kier molecular flexibility index (Phi) is 7.22. The maximum atomic E-state index is 4.76. The van der Waals surface area contributed by atoms with Gasteiger partial charge in [0.2, 0.25) is 0 Å². The second kappa shape index (κ2) is 12.1. The molecule has 0 fully saturated rings. The van der Waals surface area contributed by atoms with Crippen LogP contribution in [0.4, 0.5) is 0 Å². The lowest BCUT2D eigenvalue weighted by Gasteiger charge is -2.07. The van der Waals surface area contributed by atoms with E-state index in [1.165, 1.54) is 22.7 Å². The van der Waals surface area contributed by atoms with Crippen LogP contribution in [0.25, 0.3) is 79.0 Å². The summed E-state index contributed by atoms with van der Waals surface area (Å²) in [6.45, 7) is 0. The highest BCUT2D eigenvalue weighted by Crippen LogP contribution is 2.33. The first-order valence-corrected chi connectivity index (χ1v) is 15.6. The third-order valence-corrected chi connectivity index (χ3v) is 8.18. The van der Waals surface area contributed by atoms with Crippen molar-refractivity contribution in [1.29, 1.82) is 0 Å². The van der Waals surface area contributed by atoms with E-state index in [0.29, 0.717) is 45.8 Å². The Morgan fingerprint density at radius 2 is 1.41 bits per heavy atom. The van der Waals surface area contributed by atoms with Crippen LogP contribution in [0.1, 0.15) is 0 Å². The highest BCUT2D eigenvalue weighted by molar-refractivity contribution is 7.13. The predicted molar refractivity (Wildman–Crippen MR) is 173 cm³/mol. The second-order valence-corrected chi connectivity index (χ2v) is 11.2. The summed E-state index contributed by atoms with van der Waals surface area (Å²) in [6.07, 6.45) is 11.7. The number of pyridine rings is 2. The SMILES string of the molecule is [c]1cccnc1-c1ccnc(-c2nccc(-c3ccnc(-c4cnc(-c5nnccc5-c5nc(-c6cscn6)cs5)nc4)n3)n2)c1. The van der Waals surface area contributed by atoms with Crippen LogP contribution in [0.2, 0.25) is 0 Å². The lowest BCUT2D eigenvalue weighted by Crippen LogP contribution is -1.99. The molecule has 12 nitrogen and oxygen atoms in total. The lowest BCUT2D eigenvalue weighted by molar-refractivity contribution is 1.01. The molecule has 0 aliphatic carbocycles. The van der Waals surface area contributed by atoms with E-state index >= 15 is 0 Å². The van der Waals surface area contributed by atoms with Crippen LogP contribution in [0.5, 0.6) is 0 Å². The van der Waals surface area contributed by atoms with E-state index in [0.717, 1.165) is 33.2 Å². The first-order chi connectivity index (χ1) is 22.8. The van der Waals surface area contributed by atoms with E-state index in [2.05, 4.69) is 51.2 Å². The third-order valence-electron chi connectivity index (χ3n) is 6.71. The predicted octanol–water partition coefficient (Wildman–Crippen LogP) is 6.02. The number of aromatic nitrogens is 12. The zero-order valence-electron chi connectivity index (χ0n) is 23.5. The molecule has 0 bridgehead atoms. The fourth-order valence-electron chi connectivity index (χ4n) is 4.54. The average molecular weight is 634 g/mol. The van der Waals surface area contributed by atoms with Crippen LogP contribution in [0.3, 0.4) is 0 Å². The molecule has 46 heavy (non-hydrogen) atoms. The van der Waals surface area contributed by atoms with Gasteiger partial charge in [-0.05, 0) is 36.4 Å². The number of thiazole rings is 2. The third kappa shape index (κ3) is 5.49. The molecule has 0 saturated carbocycles. The van der Waals surface area contributed by atoms with Crippen molar-refractivity contribution in [3.8, 4) is 79.0 Å². The van der Waals surface area contributed by atoms with Crippen molar-refractivity contribution >= 4 is 22.7 Å². The van der Waals surface area contributed by atoms with Gasteiger partial charge in [0.1, 0.15) is 27.8 Å². The molecule has 0 unspecified atom stereocenters. The monoisotopic (exact) mass is 633 g/mol. The van der Waals surface area contributed by atoms with E-state index in [1.54, 1.807) is 61.0 Å². The van der Waals surface area contributed by atoms with Crippen LogP contribution >= 0.6 is 22.7 Å². The number of hydrogen-bond acceptors (Lipinski definition) is 14. The van der Waals surface area contributed by atoms with Gasteiger partial charge in [0.15, 0.2) is 17.5 Å².